The molecule has 1 heterocycles. The highest BCUT2D eigenvalue weighted by Crippen LogP contribution is 2.26. The van der Waals surface area contributed by atoms with Crippen LogP contribution < -0.4 is 9.62 Å². The van der Waals surface area contributed by atoms with E-state index in [0.717, 1.165) is 22.5 Å². The molecule has 2 aromatic carbocycles. The van der Waals surface area contributed by atoms with Crippen LogP contribution in [0.5, 0.6) is 0 Å². The molecule has 0 spiro atoms. The molecule has 1 amide bonds. The molecule has 0 radical (unpaired) electrons. The Balaban J connectivity index is 1.73. The van der Waals surface area contributed by atoms with Crippen LogP contribution in [0.1, 0.15) is 10.4 Å². The van der Waals surface area contributed by atoms with Gasteiger partial charge in [-0.3, -0.25) is 9.10 Å². The lowest BCUT2D eigenvalue weighted by Gasteiger charge is -2.20. The third-order valence-corrected chi connectivity index (χ3v) is 6.67. The number of hydrogen-bond donors (Lipinski definition) is 1. The molecule has 3 rings (SSSR count). The lowest BCUT2D eigenvalue weighted by molar-refractivity contribution is -0.119. The maximum absolute atomic E-state index is 13.2. The largest absolute Gasteiger partial charge is 0.452 e. The van der Waals surface area contributed by atoms with Gasteiger partial charge in [0.1, 0.15) is 11.6 Å². The van der Waals surface area contributed by atoms with Crippen molar-refractivity contribution < 1.29 is 27.1 Å². The molecule has 0 atom stereocenters. The van der Waals surface area contributed by atoms with E-state index >= 15 is 0 Å². The summed E-state index contributed by atoms with van der Waals surface area (Å²) in [4.78, 5) is 28.1. The van der Waals surface area contributed by atoms with Crippen LogP contribution in [0, 0.1) is 5.82 Å². The van der Waals surface area contributed by atoms with Crippen molar-refractivity contribution in [3.05, 3.63) is 82.2 Å². The van der Waals surface area contributed by atoms with E-state index in [1.54, 1.807) is 0 Å². The number of pyridine rings is 1. The number of nitrogens with zero attached hydrogens (tertiary/aromatic N) is 2. The Morgan fingerprint density at radius 3 is 2.42 bits per heavy atom. The van der Waals surface area contributed by atoms with Gasteiger partial charge < -0.3 is 10.1 Å². The number of sulfonamides is 1. The molecule has 0 unspecified atom stereocenters. The number of benzene rings is 2. The Morgan fingerprint density at radius 2 is 1.79 bits per heavy atom. The first kappa shape index (κ1) is 24.4. The highest BCUT2D eigenvalue weighted by atomic mass is 35.5. The zero-order valence-electron chi connectivity index (χ0n) is 17.0. The number of rotatable bonds is 7. The van der Waals surface area contributed by atoms with Crippen LogP contribution in [-0.4, -0.2) is 38.9 Å². The number of carbonyl (C=O) groups is 2. The normalized spacial score (nSPS) is 11.0. The van der Waals surface area contributed by atoms with E-state index in [1.165, 1.54) is 49.6 Å². The van der Waals surface area contributed by atoms with E-state index in [0.29, 0.717) is 5.02 Å². The molecule has 33 heavy (non-hydrogen) atoms. The molecule has 0 saturated heterocycles. The number of anilines is 2. The Bertz CT molecular complexity index is 1290. The first-order valence-corrected chi connectivity index (χ1v) is 11.4. The molecule has 0 fully saturated rings. The molecule has 0 bridgehead atoms. The Labute approximate surface area is 199 Å². The number of carbonyl (C=O) groups excluding carboxylic acids is 2. The number of amides is 1. The highest BCUT2D eigenvalue weighted by Gasteiger charge is 2.24. The summed E-state index contributed by atoms with van der Waals surface area (Å²) in [6, 6.07) is 11.3. The van der Waals surface area contributed by atoms with Crippen LogP contribution in [0.4, 0.5) is 15.9 Å². The van der Waals surface area contributed by atoms with Crippen LogP contribution in [0.15, 0.2) is 65.7 Å². The standard InChI is InChI=1S/C21H16Cl2FN3O5S/c1-27(15-5-3-14(24)4-6-15)33(30,31)16-7-8-18(23)17(10-16)21(29)32-12-20(28)26-19-9-2-13(22)11-25-19/h2-11H,12H2,1H3,(H,25,26,28). The summed E-state index contributed by atoms with van der Waals surface area (Å²) < 4.78 is 44.9. The van der Waals surface area contributed by atoms with Crippen LogP contribution in [0.2, 0.25) is 10.0 Å². The smallest absolute Gasteiger partial charge is 0.340 e. The lowest BCUT2D eigenvalue weighted by Crippen LogP contribution is -2.27. The number of halogens is 3. The van der Waals surface area contributed by atoms with Crippen molar-refractivity contribution >= 4 is 56.6 Å². The maximum atomic E-state index is 13.2. The van der Waals surface area contributed by atoms with Crippen molar-refractivity contribution in [2.24, 2.45) is 0 Å². The second-order valence-electron chi connectivity index (χ2n) is 6.58. The summed E-state index contributed by atoms with van der Waals surface area (Å²) in [5.41, 5.74) is -0.0365. The Kier molecular flexibility index (Phi) is 7.52. The second-order valence-corrected chi connectivity index (χ2v) is 9.39. The van der Waals surface area contributed by atoms with Gasteiger partial charge in [0, 0.05) is 13.2 Å². The molecule has 12 heteroatoms. The van der Waals surface area contributed by atoms with Gasteiger partial charge in [0.25, 0.3) is 15.9 Å². The van der Waals surface area contributed by atoms with Gasteiger partial charge in [-0.15, -0.1) is 0 Å². The minimum atomic E-state index is -4.11. The maximum Gasteiger partial charge on any atom is 0.340 e. The predicted octanol–water partition coefficient (Wildman–Crippen LogP) is 4.15. The molecule has 8 nitrogen and oxygen atoms in total. The minimum Gasteiger partial charge on any atom is -0.452 e. The third-order valence-electron chi connectivity index (χ3n) is 4.34. The third kappa shape index (κ3) is 5.98. The second kappa shape index (κ2) is 10.2. The average Bonchev–Trinajstić information content (AvgIpc) is 2.79. The van der Waals surface area contributed by atoms with Crippen molar-refractivity contribution in [1.82, 2.24) is 4.98 Å². The van der Waals surface area contributed by atoms with Gasteiger partial charge in [0.15, 0.2) is 6.61 Å². The molecule has 0 aliphatic rings. The predicted molar refractivity (Wildman–Crippen MR) is 122 cm³/mol. The first-order valence-electron chi connectivity index (χ1n) is 9.20. The van der Waals surface area contributed by atoms with Crippen LogP contribution >= 0.6 is 23.2 Å². The van der Waals surface area contributed by atoms with E-state index in [4.69, 9.17) is 27.9 Å². The number of ether oxygens (including phenoxy) is 1. The first-order chi connectivity index (χ1) is 15.6. The van der Waals surface area contributed by atoms with E-state index < -0.39 is 34.3 Å². The van der Waals surface area contributed by atoms with Crippen LogP contribution in [0.25, 0.3) is 0 Å². The van der Waals surface area contributed by atoms with Gasteiger partial charge >= 0.3 is 5.97 Å². The molecule has 1 aromatic heterocycles. The fraction of sp³-hybridized carbons (Fsp3) is 0.0952. The quantitative estimate of drug-likeness (QED) is 0.477. The number of esters is 1. The van der Waals surface area contributed by atoms with Gasteiger partial charge in [-0.25, -0.2) is 22.6 Å². The van der Waals surface area contributed by atoms with Crippen LogP contribution in [-0.2, 0) is 19.6 Å². The van der Waals surface area contributed by atoms with Crippen molar-refractivity contribution in [2.45, 2.75) is 4.90 Å². The van der Waals surface area contributed by atoms with Gasteiger partial charge in [-0.2, -0.15) is 0 Å². The number of hydrogen-bond acceptors (Lipinski definition) is 6. The molecule has 0 aliphatic carbocycles. The number of aromatic nitrogens is 1. The topological polar surface area (TPSA) is 106 Å². The zero-order valence-corrected chi connectivity index (χ0v) is 19.3. The van der Waals surface area contributed by atoms with Crippen LogP contribution in [0.3, 0.4) is 0 Å². The van der Waals surface area contributed by atoms with Gasteiger partial charge in [-0.05, 0) is 54.6 Å². The highest BCUT2D eigenvalue weighted by molar-refractivity contribution is 7.92. The molecular weight excluding hydrogens is 496 g/mol. The van der Waals surface area contributed by atoms with Crippen molar-refractivity contribution in [1.29, 1.82) is 0 Å². The van der Waals surface area contributed by atoms with Gasteiger partial charge in [0.2, 0.25) is 0 Å². The fourth-order valence-corrected chi connectivity index (χ4v) is 4.14. The zero-order chi connectivity index (χ0) is 24.2. The van der Waals surface area contributed by atoms with Crippen molar-refractivity contribution in [2.75, 3.05) is 23.3 Å². The summed E-state index contributed by atoms with van der Waals surface area (Å²) >= 11 is 11.8. The SMILES string of the molecule is CN(c1ccc(F)cc1)S(=O)(=O)c1ccc(Cl)c(C(=O)OCC(=O)Nc2ccc(Cl)cn2)c1. The molecule has 1 N–H and O–H groups in total. The van der Waals surface area contributed by atoms with E-state index in [2.05, 4.69) is 10.3 Å². The van der Waals surface area contributed by atoms with E-state index in [1.807, 2.05) is 0 Å². The molecule has 172 valence electrons. The fourth-order valence-electron chi connectivity index (χ4n) is 2.61. The minimum absolute atomic E-state index is 0.0665. The summed E-state index contributed by atoms with van der Waals surface area (Å²) in [7, 11) is -2.82. The summed E-state index contributed by atoms with van der Waals surface area (Å²) in [6.07, 6.45) is 1.33. The summed E-state index contributed by atoms with van der Waals surface area (Å²) in [5.74, 6) is -1.98. The monoisotopic (exact) mass is 511 g/mol. The average molecular weight is 512 g/mol. The van der Waals surface area contributed by atoms with Crippen molar-refractivity contribution in [3.8, 4) is 0 Å². The van der Waals surface area contributed by atoms with E-state index in [9.17, 15) is 22.4 Å². The van der Waals surface area contributed by atoms with E-state index in [-0.39, 0.29) is 27.0 Å². The van der Waals surface area contributed by atoms with Gasteiger partial charge in [0.05, 0.1) is 26.2 Å². The summed E-state index contributed by atoms with van der Waals surface area (Å²) in [5, 5.41) is 2.73. The Morgan fingerprint density at radius 1 is 1.09 bits per heavy atom. The molecule has 3 aromatic rings. The lowest BCUT2D eigenvalue weighted by atomic mass is 10.2. The van der Waals surface area contributed by atoms with Crippen molar-refractivity contribution in [3.63, 3.8) is 0 Å². The molecule has 0 saturated carbocycles. The molecular formula is C21H16Cl2FN3O5S. The summed E-state index contributed by atoms with van der Waals surface area (Å²) in [6.45, 7) is -0.661. The molecule has 0 aliphatic heterocycles. The number of nitrogens with one attached hydrogen (secondary N) is 1. The van der Waals surface area contributed by atoms with Gasteiger partial charge in [-0.1, -0.05) is 23.2 Å². The Hall–Kier alpha value is -3.21.